The van der Waals surface area contributed by atoms with E-state index in [1.807, 2.05) is 0 Å². The van der Waals surface area contributed by atoms with Crippen LogP contribution in [0.25, 0.3) is 11.1 Å². The van der Waals surface area contributed by atoms with Crippen molar-refractivity contribution in [2.75, 3.05) is 6.61 Å². The van der Waals surface area contributed by atoms with Gasteiger partial charge in [-0.3, -0.25) is 0 Å². The van der Waals surface area contributed by atoms with Crippen molar-refractivity contribution in [3.05, 3.63) is 83.5 Å². The van der Waals surface area contributed by atoms with Crippen molar-refractivity contribution >= 4 is 8.07 Å². The van der Waals surface area contributed by atoms with Crippen LogP contribution < -0.4 is 0 Å². The van der Waals surface area contributed by atoms with Gasteiger partial charge in [-0.2, -0.15) is 0 Å². The van der Waals surface area contributed by atoms with E-state index in [-0.39, 0.29) is 10.6 Å². The fourth-order valence-electron chi connectivity index (χ4n) is 7.21. The molecule has 2 aromatic rings. The predicted molar refractivity (Wildman–Crippen MR) is 153 cm³/mol. The Morgan fingerprint density at radius 3 is 1.97 bits per heavy atom. The zero-order chi connectivity index (χ0) is 24.7. The zero-order valence-corrected chi connectivity index (χ0v) is 23.6. The molecule has 0 bridgehead atoms. The molecule has 1 atom stereocenters. The Hall–Kier alpha value is -1.90. The minimum absolute atomic E-state index is 0.00191. The second-order valence-corrected chi connectivity index (χ2v) is 17.8. The van der Waals surface area contributed by atoms with Gasteiger partial charge >= 0.3 is 0 Å². The standard InChI is InChI=1S/C33H44OSi/c1-31(2,3)34-23-15-9-7-6-8-10-16-26-21-22-32(24-26)25-33(35(32,4)5)29-19-13-11-17-27(29)28-18-12-14-20-30(28)33/h11-14,17-22,24H,6-10,15-16,23,25H2,1-5H3. The third kappa shape index (κ3) is 4.11. The summed E-state index contributed by atoms with van der Waals surface area (Å²) in [5, 5.41) is 0.577. The number of allylic oxidation sites excluding steroid dienone is 4. The van der Waals surface area contributed by atoms with E-state index in [1.54, 1.807) is 16.7 Å². The monoisotopic (exact) mass is 484 g/mol. The lowest BCUT2D eigenvalue weighted by Gasteiger charge is -2.65. The molecule has 186 valence electrons. The van der Waals surface area contributed by atoms with E-state index >= 15 is 0 Å². The molecule has 0 aromatic heterocycles. The Balaban J connectivity index is 1.18. The summed E-state index contributed by atoms with van der Waals surface area (Å²) in [7, 11) is -1.69. The molecule has 2 aliphatic carbocycles. The average Bonchev–Trinajstić information content (AvgIpc) is 3.39. The summed E-state index contributed by atoms with van der Waals surface area (Å²) >= 11 is 0. The van der Waals surface area contributed by atoms with Gasteiger partial charge in [0.2, 0.25) is 0 Å². The van der Waals surface area contributed by atoms with Crippen LogP contribution in [0.15, 0.2) is 72.3 Å². The van der Waals surface area contributed by atoms with Gasteiger partial charge in [0.25, 0.3) is 0 Å². The normalized spacial score (nSPS) is 22.8. The first kappa shape index (κ1) is 24.8. The Morgan fingerprint density at radius 2 is 1.37 bits per heavy atom. The molecule has 1 saturated heterocycles. The van der Waals surface area contributed by atoms with E-state index in [4.69, 9.17) is 4.74 Å². The lowest BCUT2D eigenvalue weighted by Crippen LogP contribution is -2.69. The molecule has 0 amide bonds. The molecule has 0 saturated carbocycles. The van der Waals surface area contributed by atoms with Gasteiger partial charge in [-0.05, 0) is 68.7 Å². The maximum absolute atomic E-state index is 5.84. The molecule has 35 heavy (non-hydrogen) atoms. The maximum Gasteiger partial charge on any atom is 0.0792 e. The fourth-order valence-corrected chi connectivity index (χ4v) is 12.0. The molecule has 5 rings (SSSR count). The molecule has 1 aliphatic heterocycles. The van der Waals surface area contributed by atoms with Gasteiger partial charge < -0.3 is 4.74 Å². The smallest absolute Gasteiger partial charge is 0.0792 e. The van der Waals surface area contributed by atoms with Crippen LogP contribution in [0.4, 0.5) is 0 Å². The van der Waals surface area contributed by atoms with Crippen molar-refractivity contribution in [2.45, 2.75) is 101 Å². The number of benzene rings is 2. The Bertz CT molecular complexity index is 1090. The molecule has 0 radical (unpaired) electrons. The highest BCUT2D eigenvalue weighted by Gasteiger charge is 2.71. The summed E-state index contributed by atoms with van der Waals surface area (Å²) in [6.45, 7) is 12.6. The first-order chi connectivity index (χ1) is 16.7. The molecule has 2 aromatic carbocycles. The van der Waals surface area contributed by atoms with Crippen LogP contribution in [0.1, 0.15) is 83.3 Å². The van der Waals surface area contributed by atoms with Crippen LogP contribution in [0.3, 0.4) is 0 Å². The number of rotatable bonds is 9. The number of hydrogen-bond donors (Lipinski definition) is 0. The maximum atomic E-state index is 5.84. The van der Waals surface area contributed by atoms with E-state index in [0.29, 0.717) is 5.04 Å². The van der Waals surface area contributed by atoms with Gasteiger partial charge in [-0.25, -0.2) is 0 Å². The topological polar surface area (TPSA) is 9.23 Å². The number of unbranched alkanes of at least 4 members (excludes halogenated alkanes) is 5. The van der Waals surface area contributed by atoms with Crippen LogP contribution in [-0.2, 0) is 9.78 Å². The summed E-state index contributed by atoms with van der Waals surface area (Å²) in [5.74, 6) is 0. The minimum atomic E-state index is -1.69. The third-order valence-corrected chi connectivity index (χ3v) is 14.9. The molecule has 2 heteroatoms. The van der Waals surface area contributed by atoms with E-state index in [0.717, 1.165) is 6.61 Å². The Morgan fingerprint density at radius 1 is 0.800 bits per heavy atom. The third-order valence-electron chi connectivity index (χ3n) is 9.28. The molecular weight excluding hydrogens is 440 g/mol. The van der Waals surface area contributed by atoms with Crippen molar-refractivity contribution in [1.29, 1.82) is 0 Å². The number of fused-ring (bicyclic) bond motifs is 5. The molecular formula is C33H44OSi. The van der Waals surface area contributed by atoms with E-state index in [9.17, 15) is 0 Å². The zero-order valence-electron chi connectivity index (χ0n) is 22.6. The Labute approximate surface area is 214 Å². The van der Waals surface area contributed by atoms with Gasteiger partial charge in [-0.15, -0.1) is 0 Å². The van der Waals surface area contributed by atoms with Crippen LogP contribution >= 0.6 is 0 Å². The van der Waals surface area contributed by atoms with Crippen molar-refractivity contribution in [3.8, 4) is 11.1 Å². The highest BCUT2D eigenvalue weighted by Crippen LogP contribution is 2.74. The van der Waals surface area contributed by atoms with Crippen LogP contribution in [-0.4, -0.2) is 20.3 Å². The van der Waals surface area contributed by atoms with E-state index in [1.165, 1.54) is 62.5 Å². The summed E-state index contributed by atoms with van der Waals surface area (Å²) in [5.41, 5.74) is 7.77. The fraction of sp³-hybridized carbons (Fsp3) is 0.515. The lowest BCUT2D eigenvalue weighted by molar-refractivity contribution is -0.00474. The molecule has 1 fully saturated rings. The number of ether oxygens (including phenoxy) is 1. The van der Waals surface area contributed by atoms with Crippen molar-refractivity contribution < 1.29 is 4.74 Å². The van der Waals surface area contributed by atoms with Gasteiger partial charge in [0.15, 0.2) is 0 Å². The largest absolute Gasteiger partial charge is 0.376 e. The second-order valence-electron chi connectivity index (χ2n) is 12.7. The SMILES string of the molecule is CC(C)(C)OCCCCCCCCC1=CC2(C=C1)CC1(c3ccccc3-c3ccccc31)[Si]2(C)C. The summed E-state index contributed by atoms with van der Waals surface area (Å²) < 4.78 is 5.84. The minimum Gasteiger partial charge on any atom is -0.376 e. The van der Waals surface area contributed by atoms with Gasteiger partial charge in [0, 0.05) is 16.7 Å². The molecule has 3 aliphatic rings. The Kier molecular flexibility index (Phi) is 6.51. The van der Waals surface area contributed by atoms with Crippen LogP contribution in [0.5, 0.6) is 0 Å². The summed E-state index contributed by atoms with van der Waals surface area (Å²) in [6, 6.07) is 18.5. The highest BCUT2D eigenvalue weighted by atomic mass is 28.3. The molecule has 1 nitrogen and oxygen atoms in total. The van der Waals surface area contributed by atoms with Crippen molar-refractivity contribution in [3.63, 3.8) is 0 Å². The summed E-state index contributed by atoms with van der Waals surface area (Å²) in [6.07, 6.45) is 18.2. The van der Waals surface area contributed by atoms with E-state index in [2.05, 4.69) is 101 Å². The van der Waals surface area contributed by atoms with Crippen molar-refractivity contribution in [2.24, 2.45) is 0 Å². The predicted octanol–water partition coefficient (Wildman–Crippen LogP) is 9.39. The van der Waals surface area contributed by atoms with Gasteiger partial charge in [0.05, 0.1) is 13.7 Å². The summed E-state index contributed by atoms with van der Waals surface area (Å²) in [4.78, 5) is 0. The molecule has 1 unspecified atom stereocenters. The molecule has 1 heterocycles. The van der Waals surface area contributed by atoms with Gasteiger partial charge in [0.1, 0.15) is 0 Å². The van der Waals surface area contributed by atoms with Crippen LogP contribution in [0, 0.1) is 0 Å². The van der Waals surface area contributed by atoms with Gasteiger partial charge in [-0.1, -0.05) is 111 Å². The first-order valence-electron chi connectivity index (χ1n) is 13.9. The van der Waals surface area contributed by atoms with E-state index < -0.39 is 8.07 Å². The quantitative estimate of drug-likeness (QED) is 0.254. The molecule has 2 spiro atoms. The second kappa shape index (κ2) is 9.20. The van der Waals surface area contributed by atoms with Crippen LogP contribution in [0.2, 0.25) is 18.1 Å². The number of hydrogen-bond acceptors (Lipinski definition) is 1. The van der Waals surface area contributed by atoms with Crippen molar-refractivity contribution in [1.82, 2.24) is 0 Å². The highest BCUT2D eigenvalue weighted by molar-refractivity contribution is 6.88. The molecule has 0 N–H and O–H groups in total. The first-order valence-corrected chi connectivity index (χ1v) is 16.9. The average molecular weight is 485 g/mol. The lowest BCUT2D eigenvalue weighted by atomic mass is 9.83.